The molecule has 0 saturated carbocycles. The van der Waals surface area contributed by atoms with Gasteiger partial charge in [-0.3, -0.25) is 9.59 Å². The Morgan fingerprint density at radius 2 is 1.78 bits per heavy atom. The molecule has 2 amide bonds. The molecule has 2 aromatic carbocycles. The Morgan fingerprint density at radius 3 is 2.37 bits per heavy atom. The van der Waals surface area contributed by atoms with E-state index >= 15 is 0 Å². The first kappa shape index (κ1) is 20.5. The van der Waals surface area contributed by atoms with Gasteiger partial charge in [0.2, 0.25) is 11.8 Å². The summed E-state index contributed by atoms with van der Waals surface area (Å²) in [5, 5.41) is 2.94. The smallest absolute Gasteiger partial charge is 0.333 e. The Bertz CT molecular complexity index is 852. The molecule has 0 radical (unpaired) electrons. The van der Waals surface area contributed by atoms with Gasteiger partial charge in [-0.2, -0.15) is 13.2 Å². The number of likely N-dealkylation sites (N-methyl/N-ethyl adjacent to an activating group) is 1. The van der Waals surface area contributed by atoms with Gasteiger partial charge in [-0.1, -0.05) is 48.0 Å². The molecule has 27 heavy (non-hydrogen) atoms. The van der Waals surface area contributed by atoms with Gasteiger partial charge in [0, 0.05) is 23.8 Å². The summed E-state index contributed by atoms with van der Waals surface area (Å²) in [6.07, 6.45) is -4.22. The third-order valence-electron chi connectivity index (χ3n) is 3.52. The topological polar surface area (TPSA) is 49.4 Å². The van der Waals surface area contributed by atoms with Crippen LogP contribution >= 0.6 is 11.6 Å². The van der Waals surface area contributed by atoms with Crippen LogP contribution in [-0.2, 0) is 9.59 Å². The molecule has 0 fully saturated rings. The highest BCUT2D eigenvalue weighted by Gasteiger charge is 2.35. The molecule has 2 aromatic rings. The standard InChI is InChI=1S/C19H16ClF3N2O2/c1-25(12-17(26)24-15-9-5-8-14(20)10-15)18(27)11-16(19(21,22)23)13-6-3-2-4-7-13/h2-11H,12H2,1H3,(H,24,26)/b16-11-. The molecule has 0 aliphatic heterocycles. The average Bonchev–Trinajstić information content (AvgIpc) is 2.59. The van der Waals surface area contributed by atoms with Gasteiger partial charge >= 0.3 is 6.18 Å². The van der Waals surface area contributed by atoms with E-state index in [2.05, 4.69) is 5.32 Å². The molecule has 1 N–H and O–H groups in total. The highest BCUT2D eigenvalue weighted by Crippen LogP contribution is 2.33. The average molecular weight is 397 g/mol. The Balaban J connectivity index is 2.10. The number of allylic oxidation sites excluding steroid dienone is 1. The number of carbonyl (C=O) groups is 2. The van der Waals surface area contributed by atoms with Gasteiger partial charge in [0.25, 0.3) is 0 Å². The van der Waals surface area contributed by atoms with E-state index in [1.54, 1.807) is 24.3 Å². The van der Waals surface area contributed by atoms with Crippen LogP contribution < -0.4 is 5.32 Å². The molecule has 2 rings (SSSR count). The number of alkyl halides is 3. The molecule has 0 atom stereocenters. The van der Waals surface area contributed by atoms with Crippen molar-refractivity contribution >= 4 is 34.7 Å². The van der Waals surface area contributed by atoms with Gasteiger partial charge in [-0.15, -0.1) is 0 Å². The van der Waals surface area contributed by atoms with E-state index in [1.807, 2.05) is 0 Å². The first-order valence-corrected chi connectivity index (χ1v) is 8.19. The fourth-order valence-corrected chi connectivity index (χ4v) is 2.43. The largest absolute Gasteiger partial charge is 0.417 e. The molecular weight excluding hydrogens is 381 g/mol. The highest BCUT2D eigenvalue weighted by atomic mass is 35.5. The summed E-state index contributed by atoms with van der Waals surface area (Å²) >= 11 is 5.81. The molecule has 0 heterocycles. The Labute approximate surface area is 159 Å². The van der Waals surface area contributed by atoms with Crippen molar-refractivity contribution in [3.05, 3.63) is 71.3 Å². The second-order valence-electron chi connectivity index (χ2n) is 5.67. The van der Waals surface area contributed by atoms with Crippen molar-refractivity contribution in [3.8, 4) is 0 Å². The van der Waals surface area contributed by atoms with Gasteiger partial charge in [-0.25, -0.2) is 0 Å². The van der Waals surface area contributed by atoms with E-state index in [0.29, 0.717) is 16.8 Å². The molecule has 0 saturated heterocycles. The number of benzene rings is 2. The molecule has 0 aromatic heterocycles. The molecule has 142 valence electrons. The number of halogens is 4. The lowest BCUT2D eigenvalue weighted by Crippen LogP contribution is -2.34. The zero-order valence-corrected chi connectivity index (χ0v) is 15.0. The SMILES string of the molecule is CN(CC(=O)Nc1cccc(Cl)c1)C(=O)/C=C(/c1ccccc1)C(F)(F)F. The molecule has 0 aliphatic rings. The number of carbonyl (C=O) groups excluding carboxylic acids is 2. The van der Waals surface area contributed by atoms with Crippen molar-refractivity contribution in [1.82, 2.24) is 4.90 Å². The van der Waals surface area contributed by atoms with Gasteiger partial charge in [-0.05, 0) is 23.8 Å². The minimum absolute atomic E-state index is 0.130. The summed E-state index contributed by atoms with van der Waals surface area (Å²) in [4.78, 5) is 25.1. The minimum Gasteiger partial charge on any atom is -0.333 e. The summed E-state index contributed by atoms with van der Waals surface area (Å²) in [6, 6.07) is 13.4. The number of rotatable bonds is 5. The summed E-state index contributed by atoms with van der Waals surface area (Å²) in [6.45, 7) is -0.415. The molecule has 0 bridgehead atoms. The summed E-state index contributed by atoms with van der Waals surface area (Å²) in [5.41, 5.74) is -0.783. The fraction of sp³-hybridized carbons (Fsp3) is 0.158. The summed E-state index contributed by atoms with van der Waals surface area (Å²) in [7, 11) is 1.25. The van der Waals surface area contributed by atoms with Crippen molar-refractivity contribution in [2.24, 2.45) is 0 Å². The van der Waals surface area contributed by atoms with Gasteiger partial charge in [0.15, 0.2) is 0 Å². The molecule has 0 spiro atoms. The van der Waals surface area contributed by atoms with Crippen molar-refractivity contribution in [2.75, 3.05) is 18.9 Å². The number of nitrogens with zero attached hydrogens (tertiary/aromatic N) is 1. The maximum Gasteiger partial charge on any atom is 0.417 e. The van der Waals surface area contributed by atoms with Gasteiger partial charge < -0.3 is 10.2 Å². The van der Waals surface area contributed by atoms with Crippen molar-refractivity contribution < 1.29 is 22.8 Å². The maximum absolute atomic E-state index is 13.3. The van der Waals surface area contributed by atoms with E-state index in [1.165, 1.54) is 37.4 Å². The third kappa shape index (κ3) is 6.14. The van der Waals surface area contributed by atoms with Crippen LogP contribution in [0.2, 0.25) is 5.02 Å². The number of nitrogens with one attached hydrogen (secondary N) is 1. The summed E-state index contributed by atoms with van der Waals surface area (Å²) in [5.74, 6) is -1.50. The van der Waals surface area contributed by atoms with Crippen LogP contribution in [0.15, 0.2) is 60.7 Å². The lowest BCUT2D eigenvalue weighted by Gasteiger charge is -2.17. The number of anilines is 1. The normalized spacial score (nSPS) is 11.8. The van der Waals surface area contributed by atoms with Crippen LogP contribution in [0.1, 0.15) is 5.56 Å². The van der Waals surface area contributed by atoms with E-state index < -0.39 is 30.1 Å². The van der Waals surface area contributed by atoms with Crippen LogP contribution in [0, 0.1) is 0 Å². The number of hydrogen-bond donors (Lipinski definition) is 1. The van der Waals surface area contributed by atoms with Crippen molar-refractivity contribution in [2.45, 2.75) is 6.18 Å². The summed E-state index contributed by atoms with van der Waals surface area (Å²) < 4.78 is 39.9. The first-order valence-electron chi connectivity index (χ1n) is 7.81. The fourth-order valence-electron chi connectivity index (χ4n) is 2.24. The van der Waals surface area contributed by atoms with Crippen molar-refractivity contribution in [1.29, 1.82) is 0 Å². The van der Waals surface area contributed by atoms with Crippen LogP contribution in [0.3, 0.4) is 0 Å². The van der Waals surface area contributed by atoms with Crippen molar-refractivity contribution in [3.63, 3.8) is 0 Å². The molecular formula is C19H16ClF3N2O2. The van der Waals surface area contributed by atoms with E-state index in [0.717, 1.165) is 4.90 Å². The Kier molecular flexibility index (Phi) is 6.63. The van der Waals surface area contributed by atoms with Gasteiger partial charge in [0.1, 0.15) is 0 Å². The van der Waals surface area contributed by atoms with Crippen LogP contribution in [0.25, 0.3) is 5.57 Å². The van der Waals surface area contributed by atoms with Crippen LogP contribution in [-0.4, -0.2) is 36.5 Å². The predicted molar refractivity (Wildman–Crippen MR) is 98.2 cm³/mol. The van der Waals surface area contributed by atoms with Crippen LogP contribution in [0.5, 0.6) is 0 Å². The quantitative estimate of drug-likeness (QED) is 0.762. The first-order chi connectivity index (χ1) is 12.7. The molecule has 4 nitrogen and oxygen atoms in total. The minimum atomic E-state index is -4.71. The maximum atomic E-state index is 13.3. The molecule has 8 heteroatoms. The predicted octanol–water partition coefficient (Wildman–Crippen LogP) is 4.38. The van der Waals surface area contributed by atoms with E-state index in [-0.39, 0.29) is 5.56 Å². The van der Waals surface area contributed by atoms with E-state index in [4.69, 9.17) is 11.6 Å². The second kappa shape index (κ2) is 8.73. The van der Waals surface area contributed by atoms with Gasteiger partial charge in [0.05, 0.1) is 12.1 Å². The number of hydrogen-bond acceptors (Lipinski definition) is 2. The molecule has 0 unspecified atom stereocenters. The van der Waals surface area contributed by atoms with E-state index in [9.17, 15) is 22.8 Å². The zero-order chi connectivity index (χ0) is 20.0. The number of amides is 2. The highest BCUT2D eigenvalue weighted by molar-refractivity contribution is 6.30. The lowest BCUT2D eigenvalue weighted by molar-refractivity contribution is -0.129. The Morgan fingerprint density at radius 1 is 1.11 bits per heavy atom. The zero-order valence-electron chi connectivity index (χ0n) is 14.3. The third-order valence-corrected chi connectivity index (χ3v) is 3.76. The Hall–Kier alpha value is -2.80. The second-order valence-corrected chi connectivity index (χ2v) is 6.11. The van der Waals surface area contributed by atoms with Crippen LogP contribution in [0.4, 0.5) is 18.9 Å². The lowest BCUT2D eigenvalue weighted by atomic mass is 10.0. The monoisotopic (exact) mass is 396 g/mol. The molecule has 0 aliphatic carbocycles.